The van der Waals surface area contributed by atoms with Crippen LogP contribution in [0.4, 0.5) is 0 Å². The van der Waals surface area contributed by atoms with Gasteiger partial charge in [0, 0.05) is 5.82 Å². The van der Waals surface area contributed by atoms with Gasteiger partial charge in [-0.1, -0.05) is 12.1 Å². The van der Waals surface area contributed by atoms with E-state index in [-0.39, 0.29) is 6.61 Å². The van der Waals surface area contributed by atoms with Gasteiger partial charge < -0.3 is 14.6 Å². The van der Waals surface area contributed by atoms with Gasteiger partial charge in [-0.3, -0.25) is 10.3 Å². The molecule has 0 saturated carbocycles. The van der Waals surface area contributed by atoms with E-state index in [9.17, 15) is 0 Å². The molecule has 0 amide bonds. The molecule has 1 heterocycles. The molecule has 0 saturated heterocycles. The van der Waals surface area contributed by atoms with Gasteiger partial charge in [0.05, 0.1) is 7.11 Å². The summed E-state index contributed by atoms with van der Waals surface area (Å²) in [4.78, 5) is 0. The first-order valence-corrected chi connectivity index (χ1v) is 4.33. The Morgan fingerprint density at radius 1 is 1.27 bits per heavy atom. The minimum Gasteiger partial charge on any atom is -0.493 e. The van der Waals surface area contributed by atoms with E-state index in [0.717, 1.165) is 0 Å². The summed E-state index contributed by atoms with van der Waals surface area (Å²) in [7, 11) is 1.59. The standard InChI is InChI=1S/C9H9N4O2/c1-14-7-4-2-3-5-8(7)15-6-9-10-12-13-11-9/h2-5H,6H2,1H3/q-1. The van der Waals surface area contributed by atoms with Crippen molar-refractivity contribution >= 4 is 0 Å². The predicted octanol–water partition coefficient (Wildman–Crippen LogP) is 0.416. The molecule has 1 aromatic heterocycles. The van der Waals surface area contributed by atoms with Crippen LogP contribution in [0.15, 0.2) is 24.3 Å². The molecule has 0 atom stereocenters. The molecular formula is C9H9N4O2-. The quantitative estimate of drug-likeness (QED) is 0.720. The molecule has 0 unspecified atom stereocenters. The molecule has 6 nitrogen and oxygen atoms in total. The van der Waals surface area contributed by atoms with Crippen molar-refractivity contribution in [2.24, 2.45) is 0 Å². The Kier molecular flexibility index (Phi) is 2.77. The molecule has 2 rings (SSSR count). The second-order valence-electron chi connectivity index (χ2n) is 2.73. The third-order valence-electron chi connectivity index (χ3n) is 1.79. The highest BCUT2D eigenvalue weighted by Gasteiger charge is 2.01. The van der Waals surface area contributed by atoms with Crippen LogP contribution in [0.1, 0.15) is 5.82 Å². The van der Waals surface area contributed by atoms with Crippen molar-refractivity contribution in [1.82, 2.24) is 20.6 Å². The molecule has 15 heavy (non-hydrogen) atoms. The minimum absolute atomic E-state index is 0.230. The Morgan fingerprint density at radius 2 is 2.07 bits per heavy atom. The number of hydrogen-bond acceptors (Lipinski definition) is 5. The molecule has 2 aromatic rings. The van der Waals surface area contributed by atoms with Crippen molar-refractivity contribution in [2.45, 2.75) is 6.61 Å². The van der Waals surface area contributed by atoms with Crippen LogP contribution in [0, 0.1) is 0 Å². The summed E-state index contributed by atoms with van der Waals surface area (Å²) >= 11 is 0. The first-order chi connectivity index (χ1) is 7.40. The van der Waals surface area contributed by atoms with Crippen LogP contribution in [0.5, 0.6) is 11.5 Å². The number of tetrazole rings is 1. The van der Waals surface area contributed by atoms with Crippen molar-refractivity contribution in [3.63, 3.8) is 0 Å². The number of aromatic nitrogens is 4. The lowest BCUT2D eigenvalue weighted by Gasteiger charge is -2.09. The molecule has 78 valence electrons. The molecule has 0 bridgehead atoms. The van der Waals surface area contributed by atoms with E-state index in [1.54, 1.807) is 7.11 Å². The number of rotatable bonds is 4. The van der Waals surface area contributed by atoms with Crippen LogP contribution >= 0.6 is 0 Å². The zero-order chi connectivity index (χ0) is 10.5. The zero-order valence-corrected chi connectivity index (χ0v) is 8.12. The Bertz CT molecular complexity index is 416. The Morgan fingerprint density at radius 3 is 2.73 bits per heavy atom. The normalized spacial score (nSPS) is 9.93. The van der Waals surface area contributed by atoms with E-state index in [1.165, 1.54) is 0 Å². The number of benzene rings is 1. The van der Waals surface area contributed by atoms with Gasteiger partial charge in [0.1, 0.15) is 6.61 Å². The molecular weight excluding hydrogens is 196 g/mol. The van der Waals surface area contributed by atoms with E-state index >= 15 is 0 Å². The summed E-state index contributed by atoms with van der Waals surface area (Å²) < 4.78 is 10.6. The maximum atomic E-state index is 5.44. The third-order valence-corrected chi connectivity index (χ3v) is 1.79. The summed E-state index contributed by atoms with van der Waals surface area (Å²) in [6.45, 7) is 0.230. The molecule has 0 aliphatic carbocycles. The smallest absolute Gasteiger partial charge is 0.161 e. The second-order valence-corrected chi connectivity index (χ2v) is 2.73. The Balaban J connectivity index is 2.04. The molecule has 0 aliphatic heterocycles. The van der Waals surface area contributed by atoms with Crippen LogP contribution in [0.2, 0.25) is 0 Å². The van der Waals surface area contributed by atoms with E-state index in [1.807, 2.05) is 24.3 Å². The lowest BCUT2D eigenvalue weighted by atomic mass is 10.3. The lowest BCUT2D eigenvalue weighted by Crippen LogP contribution is -2.00. The van der Waals surface area contributed by atoms with Crippen LogP contribution in [-0.2, 0) is 6.61 Å². The molecule has 0 aliphatic rings. The number of methoxy groups -OCH3 is 1. The predicted molar refractivity (Wildman–Crippen MR) is 50.5 cm³/mol. The molecule has 0 fully saturated rings. The van der Waals surface area contributed by atoms with Crippen LogP contribution in [0.25, 0.3) is 0 Å². The fourth-order valence-electron chi connectivity index (χ4n) is 1.10. The summed E-state index contributed by atoms with van der Waals surface area (Å²) in [5.41, 5.74) is 0. The fourth-order valence-corrected chi connectivity index (χ4v) is 1.10. The topological polar surface area (TPSA) is 71.2 Å². The van der Waals surface area contributed by atoms with E-state index in [4.69, 9.17) is 9.47 Å². The summed E-state index contributed by atoms with van der Waals surface area (Å²) in [6.07, 6.45) is 0. The number of hydrogen-bond donors (Lipinski definition) is 0. The Labute approximate surface area is 86.2 Å². The minimum atomic E-state index is 0.230. The SMILES string of the molecule is COc1ccccc1OCc1nnn[n-]1. The highest BCUT2D eigenvalue weighted by molar-refractivity contribution is 5.39. The van der Waals surface area contributed by atoms with Gasteiger partial charge in [0.25, 0.3) is 0 Å². The fraction of sp³-hybridized carbons (Fsp3) is 0.222. The molecule has 0 spiro atoms. The van der Waals surface area contributed by atoms with Gasteiger partial charge in [0.2, 0.25) is 0 Å². The highest BCUT2D eigenvalue weighted by atomic mass is 16.5. The average Bonchev–Trinajstić information content (AvgIpc) is 2.79. The van der Waals surface area contributed by atoms with Crippen LogP contribution in [0.3, 0.4) is 0 Å². The second kappa shape index (κ2) is 4.41. The molecule has 6 heteroatoms. The van der Waals surface area contributed by atoms with Crippen molar-refractivity contribution < 1.29 is 9.47 Å². The van der Waals surface area contributed by atoms with E-state index < -0.39 is 0 Å². The van der Waals surface area contributed by atoms with Crippen LogP contribution < -0.4 is 14.6 Å². The number of nitrogens with zero attached hydrogens (tertiary/aromatic N) is 4. The van der Waals surface area contributed by atoms with Crippen molar-refractivity contribution in [3.8, 4) is 11.5 Å². The highest BCUT2D eigenvalue weighted by Crippen LogP contribution is 2.26. The summed E-state index contributed by atoms with van der Waals surface area (Å²) in [6, 6.07) is 7.36. The third kappa shape index (κ3) is 2.22. The van der Waals surface area contributed by atoms with Crippen molar-refractivity contribution in [3.05, 3.63) is 30.1 Å². The van der Waals surface area contributed by atoms with Crippen molar-refractivity contribution in [1.29, 1.82) is 0 Å². The molecule has 1 aromatic carbocycles. The first kappa shape index (κ1) is 9.45. The molecule has 0 radical (unpaired) electrons. The van der Waals surface area contributed by atoms with Crippen molar-refractivity contribution in [2.75, 3.05) is 7.11 Å². The lowest BCUT2D eigenvalue weighted by molar-refractivity contribution is 0.276. The summed E-state index contributed by atoms with van der Waals surface area (Å²) in [5, 5.41) is 14.0. The first-order valence-electron chi connectivity index (χ1n) is 4.33. The van der Waals surface area contributed by atoms with Crippen LogP contribution in [-0.4, -0.2) is 22.6 Å². The van der Waals surface area contributed by atoms with Gasteiger partial charge in [-0.05, 0) is 12.1 Å². The number of ether oxygens (including phenoxy) is 2. The van der Waals surface area contributed by atoms with Gasteiger partial charge in [-0.2, -0.15) is 5.21 Å². The summed E-state index contributed by atoms with van der Waals surface area (Å²) in [5.74, 6) is 1.76. The van der Waals surface area contributed by atoms with Gasteiger partial charge in [-0.25, -0.2) is 0 Å². The largest absolute Gasteiger partial charge is 0.493 e. The average molecular weight is 205 g/mol. The Hall–Kier alpha value is -2.11. The molecule has 0 N–H and O–H groups in total. The zero-order valence-electron chi connectivity index (χ0n) is 8.12. The number of para-hydroxylation sites is 2. The van der Waals surface area contributed by atoms with Gasteiger partial charge in [0.15, 0.2) is 11.5 Å². The maximum Gasteiger partial charge on any atom is 0.161 e. The van der Waals surface area contributed by atoms with E-state index in [2.05, 4.69) is 20.6 Å². The van der Waals surface area contributed by atoms with Gasteiger partial charge >= 0.3 is 0 Å². The van der Waals surface area contributed by atoms with E-state index in [0.29, 0.717) is 17.3 Å². The van der Waals surface area contributed by atoms with Gasteiger partial charge in [-0.15, -0.1) is 0 Å². The monoisotopic (exact) mass is 205 g/mol. The maximum absolute atomic E-state index is 5.44.